The zero-order chi connectivity index (χ0) is 21.8. The van der Waals surface area contributed by atoms with E-state index in [1.54, 1.807) is 4.90 Å². The first-order valence-corrected chi connectivity index (χ1v) is 11.8. The maximum atomic E-state index is 12.6. The number of anilines is 1. The number of aromatic nitrogens is 2. The van der Waals surface area contributed by atoms with Gasteiger partial charge in [0.25, 0.3) is 0 Å². The zero-order valence-corrected chi connectivity index (χ0v) is 19.0. The second kappa shape index (κ2) is 9.84. The van der Waals surface area contributed by atoms with Crippen molar-refractivity contribution in [1.29, 1.82) is 0 Å². The molecule has 2 aliphatic rings. The molecular formula is C22H30N6O2S. The molecule has 2 aliphatic heterocycles. The maximum Gasteiger partial charge on any atom is 0.240 e. The average molecular weight is 443 g/mol. The molecule has 0 saturated carbocycles. The molecule has 1 N–H and O–H groups in total. The van der Waals surface area contributed by atoms with Crippen LogP contribution in [-0.4, -0.2) is 90.0 Å². The molecule has 0 atom stereocenters. The van der Waals surface area contributed by atoms with E-state index >= 15 is 0 Å². The van der Waals surface area contributed by atoms with E-state index in [2.05, 4.69) is 27.3 Å². The Balaban J connectivity index is 1.35. The normalized spacial score (nSPS) is 17.6. The lowest BCUT2D eigenvalue weighted by Crippen LogP contribution is -2.46. The van der Waals surface area contributed by atoms with Crippen LogP contribution < -0.4 is 10.2 Å². The number of nitrogens with zero attached hydrogens (tertiary/aromatic N) is 5. The van der Waals surface area contributed by atoms with Crippen LogP contribution in [0.1, 0.15) is 12.1 Å². The number of likely N-dealkylation sites (N-methyl/N-ethyl adjacent to an activating group) is 1. The van der Waals surface area contributed by atoms with Crippen LogP contribution in [0.25, 0.3) is 5.69 Å². The van der Waals surface area contributed by atoms with Crippen molar-refractivity contribution in [3.8, 4) is 5.69 Å². The maximum absolute atomic E-state index is 12.6. The number of nitrogens with one attached hydrogen (secondary N) is 1. The van der Waals surface area contributed by atoms with Crippen molar-refractivity contribution >= 4 is 29.3 Å². The molecule has 0 radical (unpaired) electrons. The highest BCUT2D eigenvalue weighted by Gasteiger charge is 2.32. The number of carbonyl (C=O) groups excluding carboxylic acids is 2. The molecule has 3 heterocycles. The number of hydrogen-bond donors (Lipinski definition) is 1. The van der Waals surface area contributed by atoms with Gasteiger partial charge >= 0.3 is 0 Å². The van der Waals surface area contributed by atoms with Gasteiger partial charge in [-0.2, -0.15) is 5.10 Å². The van der Waals surface area contributed by atoms with Gasteiger partial charge in [-0.25, -0.2) is 4.68 Å². The van der Waals surface area contributed by atoms with E-state index in [1.165, 1.54) is 11.8 Å². The third kappa shape index (κ3) is 5.11. The van der Waals surface area contributed by atoms with Crippen LogP contribution >= 0.6 is 11.8 Å². The highest BCUT2D eigenvalue weighted by atomic mass is 32.2. The summed E-state index contributed by atoms with van der Waals surface area (Å²) in [6.45, 7) is 7.88. The molecule has 0 unspecified atom stereocenters. The van der Waals surface area contributed by atoms with Gasteiger partial charge in [-0.15, -0.1) is 0 Å². The molecule has 4 rings (SSSR count). The van der Waals surface area contributed by atoms with Crippen LogP contribution in [-0.2, 0) is 9.59 Å². The molecule has 1 aromatic heterocycles. The number of rotatable bonds is 7. The number of aryl methyl sites for hydroxylation is 1. The summed E-state index contributed by atoms with van der Waals surface area (Å²) in [6.07, 6.45) is 0.912. The lowest BCUT2D eigenvalue weighted by Gasteiger charge is -2.32. The van der Waals surface area contributed by atoms with Crippen molar-refractivity contribution in [2.75, 3.05) is 63.5 Å². The Bertz CT molecular complexity index is 924. The number of benzene rings is 1. The molecule has 2 amide bonds. The van der Waals surface area contributed by atoms with E-state index in [-0.39, 0.29) is 18.4 Å². The Labute approximate surface area is 187 Å². The second-order valence-electron chi connectivity index (χ2n) is 8.10. The summed E-state index contributed by atoms with van der Waals surface area (Å²) in [5, 5.41) is 8.54. The van der Waals surface area contributed by atoms with Gasteiger partial charge in [-0.1, -0.05) is 30.0 Å². The molecule has 1 aromatic carbocycles. The van der Waals surface area contributed by atoms with Crippen LogP contribution in [0.4, 0.5) is 5.69 Å². The molecule has 0 spiro atoms. The van der Waals surface area contributed by atoms with Crippen LogP contribution in [0.15, 0.2) is 35.4 Å². The smallest absolute Gasteiger partial charge is 0.240 e. The number of hydrogen-bond acceptors (Lipinski definition) is 6. The van der Waals surface area contributed by atoms with Gasteiger partial charge < -0.3 is 15.1 Å². The average Bonchev–Trinajstić information content (AvgIpc) is 3.12. The van der Waals surface area contributed by atoms with Gasteiger partial charge in [0.1, 0.15) is 11.6 Å². The van der Waals surface area contributed by atoms with E-state index in [0.717, 1.165) is 61.2 Å². The molecular weight excluding hydrogens is 412 g/mol. The highest BCUT2D eigenvalue weighted by molar-refractivity contribution is 8.00. The number of amides is 2. The summed E-state index contributed by atoms with van der Waals surface area (Å²) in [4.78, 5) is 31.6. The molecule has 31 heavy (non-hydrogen) atoms. The number of piperazine rings is 1. The third-order valence-electron chi connectivity index (χ3n) is 5.76. The predicted molar refractivity (Wildman–Crippen MR) is 123 cm³/mol. The molecule has 1 fully saturated rings. The van der Waals surface area contributed by atoms with Gasteiger partial charge in [0.2, 0.25) is 11.8 Å². The van der Waals surface area contributed by atoms with Crippen molar-refractivity contribution in [2.45, 2.75) is 18.4 Å². The Morgan fingerprint density at radius 2 is 1.90 bits per heavy atom. The Hall–Kier alpha value is -2.36. The monoisotopic (exact) mass is 442 g/mol. The van der Waals surface area contributed by atoms with Gasteiger partial charge in [-0.05, 0) is 39.1 Å². The zero-order valence-electron chi connectivity index (χ0n) is 18.2. The van der Waals surface area contributed by atoms with Gasteiger partial charge in [-0.3, -0.25) is 14.5 Å². The van der Waals surface area contributed by atoms with Crippen LogP contribution in [0.3, 0.4) is 0 Å². The van der Waals surface area contributed by atoms with Crippen LogP contribution in [0, 0.1) is 6.92 Å². The molecule has 2 aromatic rings. The first-order valence-electron chi connectivity index (χ1n) is 10.8. The standard InChI is InChI=1S/C22H30N6O2S/c1-17-21-22(28(24-17)18-7-4-3-5-8-18)31-16-20(30)27(21)15-19(29)23-9-6-10-26-13-11-25(2)12-14-26/h3-5,7-8H,6,9-16H2,1-2H3,(H,23,29). The van der Waals surface area contributed by atoms with E-state index < -0.39 is 0 Å². The van der Waals surface area contributed by atoms with E-state index in [0.29, 0.717) is 12.3 Å². The van der Waals surface area contributed by atoms with Crippen LogP contribution in [0.5, 0.6) is 0 Å². The van der Waals surface area contributed by atoms with Crippen molar-refractivity contribution in [3.63, 3.8) is 0 Å². The Kier molecular flexibility index (Phi) is 6.94. The molecule has 8 nitrogen and oxygen atoms in total. The summed E-state index contributed by atoms with van der Waals surface area (Å²) in [7, 11) is 2.15. The summed E-state index contributed by atoms with van der Waals surface area (Å²) in [5.74, 6) is 0.124. The number of fused-ring (bicyclic) bond motifs is 1. The highest BCUT2D eigenvalue weighted by Crippen LogP contribution is 2.39. The van der Waals surface area contributed by atoms with Crippen molar-refractivity contribution in [3.05, 3.63) is 36.0 Å². The lowest BCUT2D eigenvalue weighted by molar-refractivity contribution is -0.123. The molecule has 1 saturated heterocycles. The van der Waals surface area contributed by atoms with Crippen molar-refractivity contribution < 1.29 is 9.59 Å². The SMILES string of the molecule is Cc1nn(-c2ccccc2)c2c1N(CC(=O)NCCCN1CCN(C)CC1)C(=O)CS2. The van der Waals surface area contributed by atoms with Crippen molar-refractivity contribution in [1.82, 2.24) is 24.9 Å². The summed E-state index contributed by atoms with van der Waals surface area (Å²) < 4.78 is 1.86. The topological polar surface area (TPSA) is 73.7 Å². The fraction of sp³-hybridized carbons (Fsp3) is 0.500. The molecule has 0 bridgehead atoms. The van der Waals surface area contributed by atoms with Gasteiger partial charge in [0.05, 0.1) is 22.8 Å². The first-order chi connectivity index (χ1) is 15.0. The minimum absolute atomic E-state index is 0.0300. The van der Waals surface area contributed by atoms with Gasteiger partial charge in [0.15, 0.2) is 0 Å². The number of para-hydroxylation sites is 1. The number of carbonyl (C=O) groups is 2. The van der Waals surface area contributed by atoms with E-state index in [9.17, 15) is 9.59 Å². The third-order valence-corrected chi connectivity index (χ3v) is 6.79. The Morgan fingerprint density at radius 1 is 1.16 bits per heavy atom. The second-order valence-corrected chi connectivity index (χ2v) is 9.07. The number of thioether (sulfide) groups is 1. The molecule has 0 aliphatic carbocycles. The minimum Gasteiger partial charge on any atom is -0.355 e. The predicted octanol–water partition coefficient (Wildman–Crippen LogP) is 1.37. The first kappa shape index (κ1) is 21.9. The van der Waals surface area contributed by atoms with Crippen LogP contribution in [0.2, 0.25) is 0 Å². The minimum atomic E-state index is -0.128. The van der Waals surface area contributed by atoms with Gasteiger partial charge in [0, 0.05) is 32.7 Å². The molecule has 9 heteroatoms. The fourth-order valence-corrected chi connectivity index (χ4v) is 5.06. The molecule has 166 valence electrons. The Morgan fingerprint density at radius 3 is 2.65 bits per heavy atom. The van der Waals surface area contributed by atoms with Crippen molar-refractivity contribution in [2.24, 2.45) is 0 Å². The lowest BCUT2D eigenvalue weighted by atomic mass is 10.3. The summed E-state index contributed by atoms with van der Waals surface area (Å²) in [5.41, 5.74) is 2.45. The van der Waals surface area contributed by atoms with E-state index in [1.807, 2.05) is 41.9 Å². The summed E-state index contributed by atoms with van der Waals surface area (Å²) in [6, 6.07) is 9.86. The quantitative estimate of drug-likeness (QED) is 0.653. The fourth-order valence-electron chi connectivity index (χ4n) is 3.98. The summed E-state index contributed by atoms with van der Waals surface area (Å²) >= 11 is 1.48. The van der Waals surface area contributed by atoms with E-state index in [4.69, 9.17) is 0 Å². The largest absolute Gasteiger partial charge is 0.355 e.